The second kappa shape index (κ2) is 6.10. The van der Waals surface area contributed by atoms with Crippen molar-refractivity contribution < 1.29 is 4.74 Å². The molecule has 0 aliphatic rings. The van der Waals surface area contributed by atoms with Crippen LogP contribution in [0.4, 0.5) is 0 Å². The molecule has 2 heteroatoms. The van der Waals surface area contributed by atoms with Crippen LogP contribution in [0.3, 0.4) is 0 Å². The Kier molecular flexibility index (Phi) is 4.46. The van der Waals surface area contributed by atoms with E-state index in [4.69, 9.17) is 10.5 Å². The Bertz CT molecular complexity index is 604. The van der Waals surface area contributed by atoms with Crippen molar-refractivity contribution in [2.45, 2.75) is 33.2 Å². The first-order valence-electron chi connectivity index (χ1n) is 6.98. The maximum Gasteiger partial charge on any atom is 0.122 e. The molecule has 0 aliphatic heterocycles. The predicted octanol–water partition coefficient (Wildman–Crippen LogP) is 3.86. The van der Waals surface area contributed by atoms with E-state index in [1.165, 1.54) is 22.3 Å². The number of hydrogen-bond acceptors (Lipinski definition) is 2. The van der Waals surface area contributed by atoms with Crippen LogP contribution in [-0.2, 0) is 6.42 Å². The van der Waals surface area contributed by atoms with Gasteiger partial charge in [0.25, 0.3) is 0 Å². The number of aryl methyl sites for hydroxylation is 3. The molecule has 0 spiro atoms. The molecule has 0 heterocycles. The minimum absolute atomic E-state index is 0.0145. The van der Waals surface area contributed by atoms with Crippen molar-refractivity contribution in [2.24, 2.45) is 5.73 Å². The fraction of sp³-hybridized carbons (Fsp3) is 0.333. The van der Waals surface area contributed by atoms with Gasteiger partial charge >= 0.3 is 0 Å². The molecule has 0 saturated carbocycles. The van der Waals surface area contributed by atoms with E-state index >= 15 is 0 Å². The third kappa shape index (κ3) is 3.02. The Morgan fingerprint density at radius 2 is 1.70 bits per heavy atom. The fourth-order valence-corrected chi connectivity index (χ4v) is 2.62. The summed E-state index contributed by atoms with van der Waals surface area (Å²) in [5.41, 5.74) is 12.5. The van der Waals surface area contributed by atoms with E-state index in [1.54, 1.807) is 7.11 Å². The van der Waals surface area contributed by atoms with Gasteiger partial charge in [0.1, 0.15) is 5.75 Å². The summed E-state index contributed by atoms with van der Waals surface area (Å²) in [5, 5.41) is 0. The van der Waals surface area contributed by atoms with Gasteiger partial charge in [0.05, 0.1) is 7.11 Å². The average molecular weight is 269 g/mol. The molecule has 0 aromatic heterocycles. The van der Waals surface area contributed by atoms with Gasteiger partial charge in [0.2, 0.25) is 0 Å². The highest BCUT2D eigenvalue weighted by Gasteiger charge is 2.13. The summed E-state index contributed by atoms with van der Waals surface area (Å²) in [4.78, 5) is 0. The zero-order valence-electron chi connectivity index (χ0n) is 12.7. The van der Waals surface area contributed by atoms with Crippen molar-refractivity contribution >= 4 is 0 Å². The molecular formula is C18H23NO. The van der Waals surface area contributed by atoms with Crippen LogP contribution in [0, 0.1) is 20.8 Å². The number of hydrogen-bond donors (Lipinski definition) is 1. The van der Waals surface area contributed by atoms with Gasteiger partial charge < -0.3 is 10.5 Å². The zero-order chi connectivity index (χ0) is 14.7. The number of methoxy groups -OCH3 is 1. The van der Waals surface area contributed by atoms with Crippen LogP contribution < -0.4 is 10.5 Å². The second-order valence-electron chi connectivity index (χ2n) is 5.42. The molecule has 0 radical (unpaired) electrons. The van der Waals surface area contributed by atoms with Gasteiger partial charge in [0, 0.05) is 6.04 Å². The van der Waals surface area contributed by atoms with Crippen molar-refractivity contribution in [3.63, 3.8) is 0 Å². The molecular weight excluding hydrogens is 246 g/mol. The topological polar surface area (TPSA) is 35.2 Å². The van der Waals surface area contributed by atoms with Gasteiger partial charge in [0.15, 0.2) is 0 Å². The van der Waals surface area contributed by atoms with Crippen LogP contribution in [0.15, 0.2) is 36.4 Å². The van der Waals surface area contributed by atoms with Gasteiger partial charge in [-0.15, -0.1) is 0 Å². The third-order valence-corrected chi connectivity index (χ3v) is 3.88. The van der Waals surface area contributed by atoms with E-state index in [0.717, 1.165) is 17.7 Å². The molecule has 2 aromatic rings. The number of benzene rings is 2. The molecule has 2 N–H and O–H groups in total. The number of nitrogens with two attached hydrogens (primary N) is 1. The Morgan fingerprint density at radius 1 is 1.00 bits per heavy atom. The van der Waals surface area contributed by atoms with E-state index in [2.05, 4.69) is 57.2 Å². The lowest BCUT2D eigenvalue weighted by molar-refractivity contribution is 0.411. The minimum Gasteiger partial charge on any atom is -0.496 e. The standard InChI is InChI=1S/C18H23NO/c1-12-7-5-6-8-15(12)11-17(19)16-9-14(3)18(20-4)10-13(16)2/h5-10,17H,11,19H2,1-4H3. The monoisotopic (exact) mass is 269 g/mol. The van der Waals surface area contributed by atoms with Crippen LogP contribution in [0.25, 0.3) is 0 Å². The second-order valence-corrected chi connectivity index (χ2v) is 5.42. The highest BCUT2D eigenvalue weighted by atomic mass is 16.5. The Morgan fingerprint density at radius 3 is 2.35 bits per heavy atom. The summed E-state index contributed by atoms with van der Waals surface area (Å²) in [7, 11) is 1.70. The molecule has 0 bridgehead atoms. The fourth-order valence-electron chi connectivity index (χ4n) is 2.62. The van der Waals surface area contributed by atoms with E-state index in [0.29, 0.717) is 0 Å². The molecule has 1 unspecified atom stereocenters. The van der Waals surface area contributed by atoms with Gasteiger partial charge in [-0.25, -0.2) is 0 Å². The number of rotatable bonds is 4. The quantitative estimate of drug-likeness (QED) is 0.914. The van der Waals surface area contributed by atoms with E-state index in [9.17, 15) is 0 Å². The molecule has 0 saturated heterocycles. The van der Waals surface area contributed by atoms with Crippen LogP contribution in [0.5, 0.6) is 5.75 Å². The van der Waals surface area contributed by atoms with Crippen LogP contribution >= 0.6 is 0 Å². The molecule has 0 amide bonds. The highest BCUT2D eigenvalue weighted by molar-refractivity contribution is 5.43. The molecule has 20 heavy (non-hydrogen) atoms. The first-order chi connectivity index (χ1) is 9.52. The van der Waals surface area contributed by atoms with Gasteiger partial charge in [-0.1, -0.05) is 30.3 Å². The summed E-state index contributed by atoms with van der Waals surface area (Å²) < 4.78 is 5.36. The first-order valence-corrected chi connectivity index (χ1v) is 6.98. The summed E-state index contributed by atoms with van der Waals surface area (Å²) in [5.74, 6) is 0.925. The predicted molar refractivity (Wildman–Crippen MR) is 84.3 cm³/mol. The molecule has 0 aliphatic carbocycles. The van der Waals surface area contributed by atoms with Crippen LogP contribution in [0.2, 0.25) is 0 Å². The SMILES string of the molecule is COc1cc(C)c(C(N)Cc2ccccc2C)cc1C. The molecule has 2 aromatic carbocycles. The lowest BCUT2D eigenvalue weighted by atomic mass is 9.93. The molecule has 0 fully saturated rings. The van der Waals surface area contributed by atoms with Crippen molar-refractivity contribution in [3.8, 4) is 5.75 Å². The molecule has 106 valence electrons. The Labute approximate surface area is 121 Å². The molecule has 2 rings (SSSR count). The highest BCUT2D eigenvalue weighted by Crippen LogP contribution is 2.27. The maximum absolute atomic E-state index is 6.42. The Hall–Kier alpha value is -1.80. The Balaban J connectivity index is 2.28. The van der Waals surface area contributed by atoms with Gasteiger partial charge in [-0.3, -0.25) is 0 Å². The largest absolute Gasteiger partial charge is 0.496 e. The minimum atomic E-state index is 0.0145. The summed E-state index contributed by atoms with van der Waals surface area (Å²) in [6.45, 7) is 6.28. The van der Waals surface area contributed by atoms with Crippen molar-refractivity contribution in [1.82, 2.24) is 0 Å². The lowest BCUT2D eigenvalue weighted by Gasteiger charge is -2.18. The lowest BCUT2D eigenvalue weighted by Crippen LogP contribution is -2.15. The van der Waals surface area contributed by atoms with Gasteiger partial charge in [-0.05, 0) is 61.1 Å². The van der Waals surface area contributed by atoms with Crippen molar-refractivity contribution in [2.75, 3.05) is 7.11 Å². The third-order valence-electron chi connectivity index (χ3n) is 3.88. The van der Waals surface area contributed by atoms with E-state index < -0.39 is 0 Å². The normalized spacial score (nSPS) is 12.2. The van der Waals surface area contributed by atoms with Crippen molar-refractivity contribution in [1.29, 1.82) is 0 Å². The average Bonchev–Trinajstić information content (AvgIpc) is 2.43. The molecule has 2 nitrogen and oxygen atoms in total. The smallest absolute Gasteiger partial charge is 0.122 e. The summed E-state index contributed by atoms with van der Waals surface area (Å²) in [6.07, 6.45) is 0.860. The zero-order valence-corrected chi connectivity index (χ0v) is 12.7. The summed E-state index contributed by atoms with van der Waals surface area (Å²) >= 11 is 0. The van der Waals surface area contributed by atoms with Gasteiger partial charge in [-0.2, -0.15) is 0 Å². The maximum atomic E-state index is 6.42. The number of ether oxygens (including phenoxy) is 1. The van der Waals surface area contributed by atoms with E-state index in [1.807, 2.05) is 0 Å². The van der Waals surface area contributed by atoms with Crippen LogP contribution in [-0.4, -0.2) is 7.11 Å². The first kappa shape index (κ1) is 14.6. The summed E-state index contributed by atoms with van der Waals surface area (Å²) in [6, 6.07) is 12.7. The van der Waals surface area contributed by atoms with Crippen molar-refractivity contribution in [3.05, 3.63) is 64.2 Å². The molecule has 1 atom stereocenters. The van der Waals surface area contributed by atoms with E-state index in [-0.39, 0.29) is 6.04 Å². The van der Waals surface area contributed by atoms with Crippen LogP contribution in [0.1, 0.15) is 33.9 Å².